The van der Waals surface area contributed by atoms with Crippen LogP contribution in [-0.2, 0) is 11.3 Å². The Labute approximate surface area is 181 Å². The van der Waals surface area contributed by atoms with Crippen molar-refractivity contribution in [2.45, 2.75) is 6.54 Å². The van der Waals surface area contributed by atoms with Gasteiger partial charge in [-0.05, 0) is 81.2 Å². The molecule has 2 amide bonds. The van der Waals surface area contributed by atoms with Gasteiger partial charge in [-0.25, -0.2) is 4.39 Å². The second kappa shape index (κ2) is 8.26. The Balaban J connectivity index is 1.92. The van der Waals surface area contributed by atoms with E-state index in [1.165, 1.54) is 6.07 Å². The topological polar surface area (TPSA) is 46.6 Å². The highest BCUT2D eigenvalue weighted by Crippen LogP contribution is 2.36. The first-order chi connectivity index (χ1) is 12.4. The lowest BCUT2D eigenvalue weighted by Crippen LogP contribution is -2.27. The van der Waals surface area contributed by atoms with Crippen LogP contribution < -0.4 is 4.74 Å². The zero-order valence-corrected chi connectivity index (χ0v) is 18.6. The minimum absolute atomic E-state index is 0.0876. The standard InChI is InChI=1S/C18H12FI2NO3S/c1-25-16-11(6-12(20)8-14(16)21)7-15-17(23)22(18(24)26-15)9-10-4-2-3-5-13(10)19/h2-8H,9H2,1H3/b15-7+. The molecule has 134 valence electrons. The van der Waals surface area contributed by atoms with Crippen LogP contribution in [0.25, 0.3) is 6.08 Å². The number of methoxy groups -OCH3 is 1. The molecular formula is C18H12FI2NO3S. The lowest BCUT2D eigenvalue weighted by Gasteiger charge is -2.13. The highest BCUT2D eigenvalue weighted by Gasteiger charge is 2.35. The monoisotopic (exact) mass is 595 g/mol. The maximum atomic E-state index is 13.8. The lowest BCUT2D eigenvalue weighted by molar-refractivity contribution is -0.123. The van der Waals surface area contributed by atoms with Gasteiger partial charge in [-0.15, -0.1) is 0 Å². The number of amides is 2. The molecule has 0 aromatic heterocycles. The van der Waals surface area contributed by atoms with Crippen molar-refractivity contribution in [1.29, 1.82) is 0 Å². The van der Waals surface area contributed by atoms with E-state index in [1.807, 2.05) is 12.1 Å². The minimum Gasteiger partial charge on any atom is -0.495 e. The molecule has 1 saturated heterocycles. The Morgan fingerprint density at radius 3 is 2.65 bits per heavy atom. The van der Waals surface area contributed by atoms with Gasteiger partial charge in [-0.3, -0.25) is 14.5 Å². The minimum atomic E-state index is -0.440. The Bertz CT molecular complexity index is 933. The molecule has 0 bridgehead atoms. The largest absolute Gasteiger partial charge is 0.495 e. The number of benzene rings is 2. The third kappa shape index (κ3) is 4.06. The molecule has 2 aromatic rings. The fourth-order valence-corrected chi connectivity index (χ4v) is 5.42. The first-order valence-corrected chi connectivity index (χ1v) is 10.4. The molecule has 1 heterocycles. The van der Waals surface area contributed by atoms with Gasteiger partial charge in [0.05, 0.1) is 22.1 Å². The van der Waals surface area contributed by atoms with Gasteiger partial charge in [-0.1, -0.05) is 18.2 Å². The molecule has 2 aromatic carbocycles. The summed E-state index contributed by atoms with van der Waals surface area (Å²) in [6.07, 6.45) is 1.65. The molecule has 1 aliphatic heterocycles. The van der Waals surface area contributed by atoms with Gasteiger partial charge in [0.25, 0.3) is 11.1 Å². The second-order valence-corrected chi connectivity index (χ2v) is 8.77. The van der Waals surface area contributed by atoms with E-state index < -0.39 is 17.0 Å². The van der Waals surface area contributed by atoms with E-state index in [2.05, 4.69) is 45.2 Å². The average molecular weight is 595 g/mol. The summed E-state index contributed by atoms with van der Waals surface area (Å²) in [5, 5.41) is -0.413. The van der Waals surface area contributed by atoms with Crippen LogP contribution in [0.3, 0.4) is 0 Å². The Hall–Kier alpha value is -1.14. The van der Waals surface area contributed by atoms with E-state index >= 15 is 0 Å². The van der Waals surface area contributed by atoms with Crippen LogP contribution in [0.2, 0.25) is 0 Å². The van der Waals surface area contributed by atoms with Crippen molar-refractivity contribution in [1.82, 2.24) is 4.90 Å². The summed E-state index contributed by atoms with van der Waals surface area (Å²) in [5.41, 5.74) is 1.03. The highest BCUT2D eigenvalue weighted by atomic mass is 127. The summed E-state index contributed by atoms with van der Waals surface area (Å²) in [6.45, 7) is -0.0876. The van der Waals surface area contributed by atoms with Crippen molar-refractivity contribution in [2.24, 2.45) is 0 Å². The molecule has 1 fully saturated rings. The number of thioether (sulfide) groups is 1. The van der Waals surface area contributed by atoms with Crippen molar-refractivity contribution in [3.05, 3.63) is 65.4 Å². The molecule has 0 aliphatic carbocycles. The zero-order chi connectivity index (χ0) is 18.8. The molecule has 0 saturated carbocycles. The number of carbonyl (C=O) groups excluding carboxylic acids is 2. The Morgan fingerprint density at radius 2 is 1.96 bits per heavy atom. The average Bonchev–Trinajstić information content (AvgIpc) is 2.84. The molecule has 0 spiro atoms. The van der Waals surface area contributed by atoms with Gasteiger partial charge < -0.3 is 4.74 Å². The SMILES string of the molecule is COc1c(I)cc(I)cc1/C=C1/SC(=O)N(Cc2ccccc2F)C1=O. The molecule has 0 atom stereocenters. The van der Waals surface area contributed by atoms with Crippen LogP contribution in [0.5, 0.6) is 5.75 Å². The summed E-state index contributed by atoms with van der Waals surface area (Å²) in [4.78, 5) is 26.3. The first kappa shape index (κ1) is 19.6. The maximum Gasteiger partial charge on any atom is 0.293 e. The maximum absolute atomic E-state index is 13.8. The summed E-state index contributed by atoms with van der Waals surface area (Å²) in [5.74, 6) is -0.226. The number of imide groups is 1. The van der Waals surface area contributed by atoms with E-state index in [-0.39, 0.29) is 6.54 Å². The van der Waals surface area contributed by atoms with Crippen molar-refractivity contribution >= 4 is 74.2 Å². The molecule has 1 aliphatic rings. The summed E-state index contributed by atoms with van der Waals surface area (Å²) in [6, 6.07) is 9.95. The molecular weight excluding hydrogens is 583 g/mol. The normalized spacial score (nSPS) is 15.8. The van der Waals surface area contributed by atoms with Gasteiger partial charge in [0.1, 0.15) is 11.6 Å². The van der Waals surface area contributed by atoms with Crippen molar-refractivity contribution < 1.29 is 18.7 Å². The fourth-order valence-electron chi connectivity index (χ4n) is 2.48. The Kier molecular flexibility index (Phi) is 6.23. The third-order valence-corrected chi connectivity index (χ3v) is 6.02. The molecule has 4 nitrogen and oxygen atoms in total. The number of ether oxygens (including phenoxy) is 1. The Morgan fingerprint density at radius 1 is 1.23 bits per heavy atom. The van der Waals surface area contributed by atoms with Crippen molar-refractivity contribution in [3.63, 3.8) is 0 Å². The second-order valence-electron chi connectivity index (χ2n) is 5.37. The van der Waals surface area contributed by atoms with Crippen LogP contribution in [0, 0.1) is 13.0 Å². The predicted molar refractivity (Wildman–Crippen MR) is 116 cm³/mol. The van der Waals surface area contributed by atoms with Crippen LogP contribution >= 0.6 is 56.9 Å². The summed E-state index contributed by atoms with van der Waals surface area (Å²) < 4.78 is 21.2. The first-order valence-electron chi connectivity index (χ1n) is 7.42. The van der Waals surface area contributed by atoms with Gasteiger partial charge in [-0.2, -0.15) is 0 Å². The molecule has 3 rings (SSSR count). The molecule has 8 heteroatoms. The van der Waals surface area contributed by atoms with Gasteiger partial charge >= 0.3 is 0 Å². The highest BCUT2D eigenvalue weighted by molar-refractivity contribution is 14.1. The number of hydrogen-bond acceptors (Lipinski definition) is 4. The van der Waals surface area contributed by atoms with Crippen LogP contribution in [0.4, 0.5) is 9.18 Å². The van der Waals surface area contributed by atoms with Crippen molar-refractivity contribution in [3.8, 4) is 5.75 Å². The molecule has 0 N–H and O–H groups in total. The van der Waals surface area contributed by atoms with Crippen LogP contribution in [0.15, 0.2) is 41.3 Å². The van der Waals surface area contributed by atoms with E-state index in [4.69, 9.17) is 4.74 Å². The van der Waals surface area contributed by atoms with E-state index in [9.17, 15) is 14.0 Å². The van der Waals surface area contributed by atoms with E-state index in [1.54, 1.807) is 31.4 Å². The zero-order valence-electron chi connectivity index (χ0n) is 13.5. The number of halogens is 3. The summed E-state index contributed by atoms with van der Waals surface area (Å²) in [7, 11) is 1.56. The smallest absolute Gasteiger partial charge is 0.293 e. The van der Waals surface area contributed by atoms with Crippen molar-refractivity contribution in [2.75, 3.05) is 7.11 Å². The molecule has 26 heavy (non-hydrogen) atoms. The number of carbonyl (C=O) groups is 2. The van der Waals surface area contributed by atoms with E-state index in [0.29, 0.717) is 16.2 Å². The number of rotatable bonds is 4. The third-order valence-electron chi connectivity index (χ3n) is 3.69. The lowest BCUT2D eigenvalue weighted by atomic mass is 10.1. The van der Waals surface area contributed by atoms with Gasteiger partial charge in [0.2, 0.25) is 0 Å². The molecule has 0 radical (unpaired) electrons. The van der Waals surface area contributed by atoms with Crippen LogP contribution in [-0.4, -0.2) is 23.2 Å². The predicted octanol–water partition coefficient (Wildman–Crippen LogP) is 5.28. The van der Waals surface area contributed by atoms with E-state index in [0.717, 1.165) is 29.4 Å². The fraction of sp³-hybridized carbons (Fsp3) is 0.111. The number of hydrogen-bond donors (Lipinski definition) is 0. The van der Waals surface area contributed by atoms with Crippen LogP contribution in [0.1, 0.15) is 11.1 Å². The molecule has 0 unspecified atom stereocenters. The van der Waals surface area contributed by atoms with Gasteiger partial charge in [0.15, 0.2) is 0 Å². The summed E-state index contributed by atoms with van der Waals surface area (Å²) >= 11 is 5.19. The number of nitrogens with zero attached hydrogens (tertiary/aromatic N) is 1. The van der Waals surface area contributed by atoms with Gasteiger partial charge in [0, 0.05) is 14.7 Å². The quantitative estimate of drug-likeness (QED) is 0.357.